The van der Waals surface area contributed by atoms with Gasteiger partial charge in [0, 0.05) is 12.1 Å². The lowest BCUT2D eigenvalue weighted by Crippen LogP contribution is -2.24. The molecule has 2 aromatic carbocycles. The van der Waals surface area contributed by atoms with Gasteiger partial charge in [-0.1, -0.05) is 47.6 Å². The lowest BCUT2D eigenvalue weighted by atomic mass is 10.0. The van der Waals surface area contributed by atoms with E-state index in [1.54, 1.807) is 12.3 Å². The second-order valence-electron chi connectivity index (χ2n) is 5.03. The van der Waals surface area contributed by atoms with E-state index in [0.29, 0.717) is 5.69 Å². The van der Waals surface area contributed by atoms with Crippen LogP contribution in [-0.4, -0.2) is 11.8 Å². The Kier molecular flexibility index (Phi) is 4.29. The molecule has 0 aliphatic heterocycles. The summed E-state index contributed by atoms with van der Waals surface area (Å²) < 4.78 is 0. The van der Waals surface area contributed by atoms with Crippen molar-refractivity contribution < 1.29 is 14.6 Å². The molecule has 0 amide bonds. The zero-order valence-corrected chi connectivity index (χ0v) is 12.4. The van der Waals surface area contributed by atoms with E-state index in [4.69, 9.17) is 10.6 Å². The minimum Gasteiger partial charge on any atom is -0.375 e. The van der Waals surface area contributed by atoms with Gasteiger partial charge in [0.2, 0.25) is 11.5 Å². The molecule has 0 bridgehead atoms. The van der Waals surface area contributed by atoms with E-state index in [1.807, 2.05) is 54.6 Å². The second-order valence-corrected chi connectivity index (χ2v) is 5.03. The first kappa shape index (κ1) is 14.7. The monoisotopic (exact) mass is 306 g/mol. The van der Waals surface area contributed by atoms with Crippen LogP contribution in [0, 0.1) is 0 Å². The molecule has 3 aromatic rings. The fourth-order valence-electron chi connectivity index (χ4n) is 2.34. The van der Waals surface area contributed by atoms with Crippen LogP contribution in [-0.2, 0) is 16.1 Å². The van der Waals surface area contributed by atoms with Crippen LogP contribution in [0.5, 0.6) is 0 Å². The highest BCUT2D eigenvalue weighted by Crippen LogP contribution is 2.19. The van der Waals surface area contributed by atoms with E-state index >= 15 is 0 Å². The summed E-state index contributed by atoms with van der Waals surface area (Å²) in [7, 11) is 0. The van der Waals surface area contributed by atoms with Gasteiger partial charge in [0.1, 0.15) is 0 Å². The quantitative estimate of drug-likeness (QED) is 0.347. The smallest absolute Gasteiger partial charge is 0.339 e. The topological polar surface area (TPSA) is 78.8 Å². The zero-order valence-electron chi connectivity index (χ0n) is 12.4. The molecule has 3 N–H and O–H groups in total. The molecule has 0 unspecified atom stereocenters. The number of H-pyrrole nitrogens is 1. The van der Waals surface area contributed by atoms with E-state index in [0.717, 1.165) is 16.3 Å². The number of hydrogen-bond donors (Lipinski definition) is 1. The molecule has 1 aromatic heterocycles. The van der Waals surface area contributed by atoms with Crippen LogP contribution in [0.2, 0.25) is 0 Å². The molecular weight excluding hydrogens is 290 g/mol. The van der Waals surface area contributed by atoms with Crippen molar-refractivity contribution in [1.82, 2.24) is 0 Å². The highest BCUT2D eigenvalue weighted by Gasteiger charge is 2.10. The molecule has 1 heterocycles. The number of aromatic nitrogens is 1. The van der Waals surface area contributed by atoms with Gasteiger partial charge in [0.25, 0.3) is 0 Å². The average molecular weight is 306 g/mol. The van der Waals surface area contributed by atoms with Gasteiger partial charge in [-0.2, -0.15) is 0 Å². The third-order valence-electron chi connectivity index (χ3n) is 3.45. The highest BCUT2D eigenvalue weighted by atomic mass is 16.7. The number of nitrogens with zero attached hydrogens (tertiary/aromatic N) is 1. The summed E-state index contributed by atoms with van der Waals surface area (Å²) in [5.74, 6) is -0.336. The second kappa shape index (κ2) is 6.70. The minimum atomic E-state index is -0.458. The van der Waals surface area contributed by atoms with Gasteiger partial charge in [0.05, 0.1) is 6.42 Å². The number of nitrogens with one attached hydrogen (secondary N) is 1. The van der Waals surface area contributed by atoms with Crippen LogP contribution >= 0.6 is 0 Å². The van der Waals surface area contributed by atoms with Crippen molar-refractivity contribution >= 4 is 22.6 Å². The summed E-state index contributed by atoms with van der Waals surface area (Å²) in [5.41, 5.74) is 7.25. The summed E-state index contributed by atoms with van der Waals surface area (Å²) in [5, 5.41) is 5.80. The van der Waals surface area contributed by atoms with E-state index < -0.39 is 5.97 Å². The molecule has 0 atom stereocenters. The lowest BCUT2D eigenvalue weighted by molar-refractivity contribution is -0.380. The fraction of sp³-hybridized carbons (Fsp3) is 0.0556. The summed E-state index contributed by atoms with van der Waals surface area (Å²) in [6.45, 7) is 0. The number of pyridine rings is 1. The molecule has 3 rings (SSSR count). The van der Waals surface area contributed by atoms with E-state index in [9.17, 15) is 4.79 Å². The molecule has 0 radical (unpaired) electrons. The molecule has 0 saturated heterocycles. The number of fused-ring (bicyclic) bond motifs is 1. The van der Waals surface area contributed by atoms with E-state index in [1.165, 1.54) is 0 Å². The first-order valence-electron chi connectivity index (χ1n) is 7.21. The molecule has 5 nitrogen and oxygen atoms in total. The van der Waals surface area contributed by atoms with Crippen LogP contribution in [0.1, 0.15) is 11.3 Å². The van der Waals surface area contributed by atoms with Crippen molar-refractivity contribution in [3.8, 4) is 0 Å². The van der Waals surface area contributed by atoms with Gasteiger partial charge < -0.3 is 10.6 Å². The molecule has 0 fully saturated rings. The van der Waals surface area contributed by atoms with Gasteiger partial charge in [-0.15, -0.1) is 0 Å². The maximum Gasteiger partial charge on any atom is 0.339 e. The van der Waals surface area contributed by atoms with Crippen molar-refractivity contribution in [2.45, 2.75) is 6.42 Å². The average Bonchev–Trinajstić information content (AvgIpc) is 2.61. The first-order chi connectivity index (χ1) is 11.2. The van der Waals surface area contributed by atoms with Crippen molar-refractivity contribution in [2.24, 2.45) is 10.9 Å². The largest absolute Gasteiger partial charge is 0.375 e. The molecule has 114 valence electrons. The zero-order chi connectivity index (χ0) is 16.1. The normalized spacial score (nSPS) is 11.4. The third kappa shape index (κ3) is 3.52. The first-order valence-corrected chi connectivity index (χ1v) is 7.21. The van der Waals surface area contributed by atoms with Crippen molar-refractivity contribution in [3.05, 3.63) is 78.1 Å². The predicted molar refractivity (Wildman–Crippen MR) is 87.5 cm³/mol. The standard InChI is InChI=1S/C18H15N3O2/c19-18(16-10-3-4-11-20-16)21-23-17(22)12-14-8-5-7-13-6-1-2-9-15(13)14/h1-11H,12H2,(H2,19,21)/p+1. The number of aromatic amines is 1. The van der Waals surface area contributed by atoms with Crippen molar-refractivity contribution in [3.63, 3.8) is 0 Å². The molecule has 0 saturated carbocycles. The number of carbonyl (C=O) groups excluding carboxylic acids is 1. The van der Waals surface area contributed by atoms with Crippen molar-refractivity contribution in [2.75, 3.05) is 0 Å². The molecule has 23 heavy (non-hydrogen) atoms. The SMILES string of the molecule is NC(=NOC(=O)Cc1cccc2ccccc12)c1cccc[nH+]1. The minimum absolute atomic E-state index is 0.122. The Morgan fingerprint density at radius 1 is 1.04 bits per heavy atom. The third-order valence-corrected chi connectivity index (χ3v) is 3.45. The Hall–Kier alpha value is -3.21. The van der Waals surface area contributed by atoms with Gasteiger partial charge in [-0.3, -0.25) is 0 Å². The number of rotatable bonds is 4. The van der Waals surface area contributed by atoms with E-state index in [-0.39, 0.29) is 12.3 Å². The van der Waals surface area contributed by atoms with Gasteiger partial charge in [0.15, 0.2) is 6.20 Å². The van der Waals surface area contributed by atoms with E-state index in [2.05, 4.69) is 10.1 Å². The Bertz CT molecular complexity index is 855. The Morgan fingerprint density at radius 2 is 1.83 bits per heavy atom. The lowest BCUT2D eigenvalue weighted by Gasteiger charge is -2.04. The van der Waals surface area contributed by atoms with Gasteiger partial charge >= 0.3 is 5.97 Å². The van der Waals surface area contributed by atoms with Crippen LogP contribution in [0.25, 0.3) is 10.8 Å². The Labute approximate surface area is 133 Å². The number of hydrogen-bond acceptors (Lipinski definition) is 3. The van der Waals surface area contributed by atoms with Crippen LogP contribution in [0.4, 0.5) is 0 Å². The van der Waals surface area contributed by atoms with Crippen LogP contribution in [0.15, 0.2) is 72.0 Å². The summed E-state index contributed by atoms with van der Waals surface area (Å²) in [4.78, 5) is 19.8. The number of oxime groups is 1. The Balaban J connectivity index is 1.72. The Morgan fingerprint density at radius 3 is 2.65 bits per heavy atom. The van der Waals surface area contributed by atoms with Crippen LogP contribution < -0.4 is 10.7 Å². The number of nitrogens with two attached hydrogens (primary N) is 1. The molecule has 0 aliphatic carbocycles. The number of carbonyl (C=O) groups is 1. The molecule has 0 aliphatic rings. The fourth-order valence-corrected chi connectivity index (χ4v) is 2.34. The summed E-state index contributed by atoms with van der Waals surface area (Å²) >= 11 is 0. The van der Waals surface area contributed by atoms with Crippen LogP contribution in [0.3, 0.4) is 0 Å². The number of benzene rings is 2. The molecule has 5 heteroatoms. The van der Waals surface area contributed by atoms with Gasteiger partial charge in [-0.05, 0) is 22.4 Å². The number of amidine groups is 1. The van der Waals surface area contributed by atoms with Gasteiger partial charge in [-0.25, -0.2) is 9.78 Å². The highest BCUT2D eigenvalue weighted by molar-refractivity contribution is 5.94. The van der Waals surface area contributed by atoms with Crippen molar-refractivity contribution in [1.29, 1.82) is 0 Å². The maximum atomic E-state index is 12.0. The molecule has 0 spiro atoms. The maximum absolute atomic E-state index is 12.0. The molecular formula is C18H16N3O2+. The predicted octanol–water partition coefficient (Wildman–Crippen LogP) is 2.06. The summed E-state index contributed by atoms with van der Waals surface area (Å²) in [6.07, 6.45) is 1.85. The summed E-state index contributed by atoms with van der Waals surface area (Å²) in [6, 6.07) is 19.1.